The Bertz CT molecular complexity index is 546. The number of carbonyl (C=O) groups is 2. The first-order valence-electron chi connectivity index (χ1n) is 8.50. The summed E-state index contributed by atoms with van der Waals surface area (Å²) >= 11 is 0. The smallest absolute Gasteiger partial charge is 0.307 e. The Labute approximate surface area is 143 Å². The number of nitrogen functional groups attached to an aromatic ring is 1. The fourth-order valence-electron chi connectivity index (χ4n) is 2.25. The lowest BCUT2D eigenvalue weighted by atomic mass is 10.1. The van der Waals surface area contributed by atoms with Gasteiger partial charge in [0, 0.05) is 18.7 Å². The van der Waals surface area contributed by atoms with E-state index in [2.05, 4.69) is 0 Å². The Morgan fingerprint density at radius 3 is 2.46 bits per heavy atom. The quantitative estimate of drug-likeness (QED) is 0.525. The predicted molar refractivity (Wildman–Crippen MR) is 94.1 cm³/mol. The number of ether oxygens (including phenoxy) is 2. The molecule has 0 heterocycles. The van der Waals surface area contributed by atoms with Gasteiger partial charge in [-0.05, 0) is 38.0 Å². The van der Waals surface area contributed by atoms with Crippen molar-refractivity contribution < 1.29 is 19.1 Å². The number of amides is 1. The third-order valence-corrected chi connectivity index (χ3v) is 3.39. The third kappa shape index (κ3) is 6.10. The van der Waals surface area contributed by atoms with Crippen LogP contribution in [0.4, 0.5) is 5.69 Å². The molecule has 6 heteroatoms. The SMILES string of the molecule is CCCOc1ccc(C(=O)N(CCC)CCC(=O)OCC)cc1N. The maximum absolute atomic E-state index is 12.7. The molecule has 0 spiro atoms. The molecule has 1 rings (SSSR count). The molecule has 0 atom stereocenters. The summed E-state index contributed by atoms with van der Waals surface area (Å²) in [6.45, 7) is 7.60. The Morgan fingerprint density at radius 1 is 1.12 bits per heavy atom. The first kappa shape index (κ1) is 19.8. The van der Waals surface area contributed by atoms with E-state index < -0.39 is 0 Å². The second-order valence-corrected chi connectivity index (χ2v) is 5.45. The molecule has 0 unspecified atom stereocenters. The van der Waals surface area contributed by atoms with Crippen LogP contribution in [0.5, 0.6) is 5.75 Å². The van der Waals surface area contributed by atoms with Crippen LogP contribution in [-0.4, -0.2) is 43.1 Å². The number of esters is 1. The van der Waals surface area contributed by atoms with E-state index in [4.69, 9.17) is 15.2 Å². The first-order valence-corrected chi connectivity index (χ1v) is 8.50. The topological polar surface area (TPSA) is 81.9 Å². The predicted octanol–water partition coefficient (Wildman–Crippen LogP) is 2.86. The number of rotatable bonds is 10. The van der Waals surface area contributed by atoms with Crippen molar-refractivity contribution in [2.75, 3.05) is 32.0 Å². The van der Waals surface area contributed by atoms with Crippen LogP contribution in [0.1, 0.15) is 50.4 Å². The molecule has 0 saturated heterocycles. The van der Waals surface area contributed by atoms with E-state index in [1.54, 1.807) is 30.0 Å². The van der Waals surface area contributed by atoms with Crippen LogP contribution < -0.4 is 10.5 Å². The van der Waals surface area contributed by atoms with E-state index in [1.807, 2.05) is 13.8 Å². The molecule has 0 aromatic heterocycles. The Morgan fingerprint density at radius 2 is 1.88 bits per heavy atom. The zero-order chi connectivity index (χ0) is 17.9. The summed E-state index contributed by atoms with van der Waals surface area (Å²) in [5.74, 6) is 0.145. The molecule has 2 N–H and O–H groups in total. The van der Waals surface area contributed by atoms with Crippen molar-refractivity contribution in [3.8, 4) is 5.75 Å². The van der Waals surface area contributed by atoms with Gasteiger partial charge in [0.15, 0.2) is 0 Å². The molecule has 1 amide bonds. The second kappa shape index (κ2) is 10.5. The number of benzene rings is 1. The van der Waals surface area contributed by atoms with Gasteiger partial charge in [0.05, 0.1) is 25.3 Å². The molecule has 1 aromatic rings. The number of hydrogen-bond donors (Lipinski definition) is 1. The molecular weight excluding hydrogens is 308 g/mol. The van der Waals surface area contributed by atoms with E-state index >= 15 is 0 Å². The van der Waals surface area contributed by atoms with Crippen LogP contribution in [0.3, 0.4) is 0 Å². The summed E-state index contributed by atoms with van der Waals surface area (Å²) in [6, 6.07) is 5.05. The zero-order valence-corrected chi connectivity index (χ0v) is 14.8. The van der Waals surface area contributed by atoms with Gasteiger partial charge >= 0.3 is 5.97 Å². The fourth-order valence-corrected chi connectivity index (χ4v) is 2.25. The summed E-state index contributed by atoms with van der Waals surface area (Å²) in [5.41, 5.74) is 6.90. The van der Waals surface area contributed by atoms with Crippen LogP contribution in [-0.2, 0) is 9.53 Å². The van der Waals surface area contributed by atoms with Gasteiger partial charge in [0.2, 0.25) is 0 Å². The summed E-state index contributed by atoms with van der Waals surface area (Å²) in [6.07, 6.45) is 1.88. The van der Waals surface area contributed by atoms with Crippen molar-refractivity contribution in [3.63, 3.8) is 0 Å². The van der Waals surface area contributed by atoms with E-state index in [1.165, 1.54) is 0 Å². The van der Waals surface area contributed by atoms with Crippen molar-refractivity contribution in [1.82, 2.24) is 4.90 Å². The van der Waals surface area contributed by atoms with Gasteiger partial charge in [-0.3, -0.25) is 9.59 Å². The van der Waals surface area contributed by atoms with Crippen molar-refractivity contribution in [3.05, 3.63) is 23.8 Å². The molecule has 0 saturated carbocycles. The highest BCUT2D eigenvalue weighted by Crippen LogP contribution is 2.23. The summed E-state index contributed by atoms with van der Waals surface area (Å²) < 4.78 is 10.4. The molecular formula is C18H28N2O4. The van der Waals surface area contributed by atoms with Crippen LogP contribution in [0, 0.1) is 0 Å². The van der Waals surface area contributed by atoms with Crippen LogP contribution in [0.2, 0.25) is 0 Å². The summed E-state index contributed by atoms with van der Waals surface area (Å²) in [5, 5.41) is 0. The van der Waals surface area contributed by atoms with Gasteiger partial charge in [-0.15, -0.1) is 0 Å². The molecule has 6 nitrogen and oxygen atoms in total. The highest BCUT2D eigenvalue weighted by molar-refractivity contribution is 5.95. The molecule has 1 aromatic carbocycles. The number of nitrogens with two attached hydrogens (primary N) is 1. The molecule has 0 aliphatic carbocycles. The lowest BCUT2D eigenvalue weighted by Crippen LogP contribution is -2.34. The lowest BCUT2D eigenvalue weighted by Gasteiger charge is -2.22. The Balaban J connectivity index is 2.78. The minimum atomic E-state index is -0.297. The average Bonchev–Trinajstić information content (AvgIpc) is 2.57. The number of nitrogens with zero attached hydrogens (tertiary/aromatic N) is 1. The number of anilines is 1. The Kier molecular flexibility index (Phi) is 8.68. The summed E-state index contributed by atoms with van der Waals surface area (Å²) in [4.78, 5) is 25.8. The molecule has 0 aliphatic rings. The maximum Gasteiger partial charge on any atom is 0.307 e. The van der Waals surface area contributed by atoms with Gasteiger partial charge in [0.1, 0.15) is 5.75 Å². The number of hydrogen-bond acceptors (Lipinski definition) is 5. The third-order valence-electron chi connectivity index (χ3n) is 3.39. The van der Waals surface area contributed by atoms with Crippen molar-refractivity contribution in [1.29, 1.82) is 0 Å². The molecule has 0 bridgehead atoms. The molecule has 0 aliphatic heterocycles. The number of carbonyl (C=O) groups excluding carboxylic acids is 2. The molecule has 134 valence electrons. The van der Waals surface area contributed by atoms with Gasteiger partial charge in [-0.25, -0.2) is 0 Å². The maximum atomic E-state index is 12.7. The van der Waals surface area contributed by atoms with Gasteiger partial charge in [0.25, 0.3) is 5.91 Å². The molecule has 0 fully saturated rings. The van der Waals surface area contributed by atoms with E-state index in [9.17, 15) is 9.59 Å². The van der Waals surface area contributed by atoms with Gasteiger partial charge in [-0.2, -0.15) is 0 Å². The standard InChI is InChI=1S/C18H28N2O4/c1-4-10-20(11-9-17(21)23-6-3)18(22)14-7-8-16(15(19)13-14)24-12-5-2/h7-8,13H,4-6,9-12,19H2,1-3H3. The zero-order valence-electron chi connectivity index (χ0n) is 14.8. The highest BCUT2D eigenvalue weighted by Gasteiger charge is 2.17. The van der Waals surface area contributed by atoms with Crippen LogP contribution in [0.15, 0.2) is 18.2 Å². The summed E-state index contributed by atoms with van der Waals surface area (Å²) in [7, 11) is 0. The largest absolute Gasteiger partial charge is 0.491 e. The Hall–Kier alpha value is -2.24. The normalized spacial score (nSPS) is 10.3. The van der Waals surface area contributed by atoms with Crippen LogP contribution >= 0.6 is 0 Å². The lowest BCUT2D eigenvalue weighted by molar-refractivity contribution is -0.143. The van der Waals surface area contributed by atoms with Crippen LogP contribution in [0.25, 0.3) is 0 Å². The van der Waals surface area contributed by atoms with E-state index in [0.717, 1.165) is 12.8 Å². The molecule has 0 radical (unpaired) electrons. The minimum Gasteiger partial charge on any atom is -0.491 e. The van der Waals surface area contributed by atoms with E-state index in [0.29, 0.717) is 43.3 Å². The average molecular weight is 336 g/mol. The minimum absolute atomic E-state index is 0.144. The second-order valence-electron chi connectivity index (χ2n) is 5.45. The van der Waals surface area contributed by atoms with Gasteiger partial charge < -0.3 is 20.1 Å². The fraction of sp³-hybridized carbons (Fsp3) is 0.556. The molecule has 24 heavy (non-hydrogen) atoms. The van der Waals surface area contributed by atoms with E-state index in [-0.39, 0.29) is 18.3 Å². The highest BCUT2D eigenvalue weighted by atomic mass is 16.5. The van der Waals surface area contributed by atoms with Crippen molar-refractivity contribution in [2.45, 2.75) is 40.0 Å². The first-order chi connectivity index (χ1) is 11.5. The van der Waals surface area contributed by atoms with Gasteiger partial charge in [-0.1, -0.05) is 13.8 Å². The van der Waals surface area contributed by atoms with Crippen molar-refractivity contribution >= 4 is 17.6 Å². The monoisotopic (exact) mass is 336 g/mol. The van der Waals surface area contributed by atoms with Crippen molar-refractivity contribution in [2.24, 2.45) is 0 Å².